The Kier molecular flexibility index (Phi) is 27.3. The van der Waals surface area contributed by atoms with Gasteiger partial charge in [-0.2, -0.15) is 0 Å². The Morgan fingerprint density at radius 3 is 1.33 bits per heavy atom. The number of nitrogens with two attached hydrogens (primary N) is 1. The van der Waals surface area contributed by atoms with Gasteiger partial charge < -0.3 is 34.7 Å². The number of hydrogen-bond donors (Lipinski definition) is 3. The first-order valence-corrected chi connectivity index (χ1v) is 29.1. The third-order valence-corrected chi connectivity index (χ3v) is 15.9. The lowest BCUT2D eigenvalue weighted by atomic mass is 10.1. The number of aromatic carboxylic acids is 1. The number of nitrogens with zero attached hydrogens (tertiary/aromatic N) is 9. The zero-order chi connectivity index (χ0) is 59.9. The summed E-state index contributed by atoms with van der Waals surface area (Å²) in [6.45, 7) is 25.8. The Balaban J connectivity index is 0.000000192. The number of carboxylic acid groups (broad SMARTS) is 1. The molecule has 1 amide bonds. The molecule has 4 saturated heterocycles. The zero-order valence-corrected chi connectivity index (χ0v) is 51.1. The molecule has 9 rings (SSSR count). The molecule has 5 aromatic heterocycles. The number of aryl methyl sites for hydroxylation is 5. The fourth-order valence-electron chi connectivity index (χ4n) is 8.42. The smallest absolute Gasteiger partial charge is 0.354 e. The predicted octanol–water partition coefficient (Wildman–Crippen LogP) is 6.56. The van der Waals surface area contributed by atoms with Crippen LogP contribution < -0.4 is 10.5 Å². The fourth-order valence-corrected chi connectivity index (χ4v) is 9.28. The molecule has 4 N–H and O–H groups in total. The van der Waals surface area contributed by atoms with E-state index in [-0.39, 0.29) is 40.3 Å². The molecule has 0 aliphatic carbocycles. The fraction of sp³-hybridized carbons (Fsp3) is 0.541. The van der Waals surface area contributed by atoms with Crippen molar-refractivity contribution in [1.82, 2.24) is 49.2 Å². The van der Waals surface area contributed by atoms with Crippen molar-refractivity contribution in [2.45, 2.75) is 116 Å². The van der Waals surface area contributed by atoms with E-state index in [4.69, 9.17) is 29.8 Å². The molecule has 21 heteroatoms. The van der Waals surface area contributed by atoms with Crippen LogP contribution in [0.15, 0.2) is 91.6 Å². The predicted molar refractivity (Wildman–Crippen MR) is 319 cm³/mol. The summed E-state index contributed by atoms with van der Waals surface area (Å²) in [6, 6.07) is 18.8. The molecule has 0 radical (unpaired) electrons. The Bertz CT molecular complexity index is 2710. The van der Waals surface area contributed by atoms with Crippen LogP contribution in [-0.4, -0.2) is 201 Å². The van der Waals surface area contributed by atoms with Crippen molar-refractivity contribution in [2.24, 2.45) is 5.73 Å². The minimum absolute atomic E-state index is 0.00254. The number of methoxy groups -OCH3 is 4. The van der Waals surface area contributed by atoms with Crippen LogP contribution in [-0.2, 0) is 29.9 Å². The minimum Gasteiger partial charge on any atom is -0.477 e. The number of carbonyl (C=O) groups is 3. The number of carboxylic acids is 1. The van der Waals surface area contributed by atoms with E-state index in [1.54, 1.807) is 63.9 Å². The van der Waals surface area contributed by atoms with E-state index in [9.17, 15) is 18.6 Å². The van der Waals surface area contributed by atoms with E-state index < -0.39 is 17.0 Å². The first-order chi connectivity index (χ1) is 39.1. The third kappa shape index (κ3) is 22.4. The van der Waals surface area contributed by atoms with Gasteiger partial charge in [-0.15, -0.1) is 0 Å². The van der Waals surface area contributed by atoms with Gasteiger partial charge in [-0.1, -0.05) is 30.3 Å². The molecule has 4 aliphatic heterocycles. The molecule has 4 fully saturated rings. The molecule has 9 heterocycles. The number of carbonyl (C=O) groups excluding carboxylic acids is 2. The molecule has 20 nitrogen and oxygen atoms in total. The molecule has 4 aliphatic rings. The maximum Gasteiger partial charge on any atom is 0.354 e. The van der Waals surface area contributed by atoms with E-state index in [1.165, 1.54) is 17.8 Å². The molecule has 0 aromatic carbocycles. The van der Waals surface area contributed by atoms with E-state index >= 15 is 0 Å². The summed E-state index contributed by atoms with van der Waals surface area (Å²) in [5.41, 5.74) is 14.6. The van der Waals surface area contributed by atoms with Crippen molar-refractivity contribution in [2.75, 3.05) is 100 Å². The van der Waals surface area contributed by atoms with E-state index in [2.05, 4.69) is 56.5 Å². The molecular formula is C61H89N11O9S. The molecule has 82 heavy (non-hydrogen) atoms. The summed E-state index contributed by atoms with van der Waals surface area (Å²) < 4.78 is 36.3. The highest BCUT2D eigenvalue weighted by molar-refractivity contribution is 7.84. The lowest BCUT2D eigenvalue weighted by Crippen LogP contribution is -2.54. The monoisotopic (exact) mass is 1150 g/mol. The van der Waals surface area contributed by atoms with Crippen LogP contribution in [0.1, 0.15) is 123 Å². The first-order valence-electron chi connectivity index (χ1n) is 28.0. The molecular weight excluding hydrogens is 1060 g/mol. The molecule has 5 aromatic rings. The summed E-state index contributed by atoms with van der Waals surface area (Å²) in [5.74, 6) is -0.880. The lowest BCUT2D eigenvalue weighted by molar-refractivity contribution is -0.0303. The van der Waals surface area contributed by atoms with Crippen molar-refractivity contribution in [3.05, 3.63) is 148 Å². The highest BCUT2D eigenvalue weighted by Gasteiger charge is 2.32. The number of rotatable bonds is 20. The van der Waals surface area contributed by atoms with Crippen LogP contribution in [0.3, 0.4) is 0 Å². The topological polar surface area (TPSA) is 241 Å². The standard InChI is InChI=1S/C17H29N3O2S.C13H21N3O.C13H18N2O2.C11H14N2O2.C7H7NO2/c1-13-6-7-15(18-10-13)16(19-23(21)17(2,3)4)8-9-20-11-14(12-20)22-5;1-10-3-4-13(15-7-10)12(14)5-6-16-8-11(9-16)17-2;1-10-3-4-12(14-7-10)13(16)5-6-15-8-11(9-15)17-2;1-8-3-4-10(12-5-8)11(14)13-6-9(7-13)15-2;1-5-2-3-6(7(9)10)8-4-5/h6-7,10,14,16,19H,8-9,11-12H2,1-5H3;3-4,7,11-12H,5-6,8-9,14H2,1-2H3;3-4,7,11H,5-6,8-9H2,1-2H3;3-5,9H,6-7H2,1-2H3;2-4H,1H3,(H,9,10)/t16?,23-;;;;/m1..../s1. The Labute approximate surface area is 488 Å². The second kappa shape index (κ2) is 33.4. The number of pyridine rings is 5. The SMILES string of the molecule is COC1CN(C(=O)c2ccc(C)cn2)C1.COC1CN(CCC(=O)c2ccc(C)cn2)C1.COC1CN(CCC(N)c2ccc(C)cn2)C1.COC1CN(CCC(N[S@](=O)C(C)(C)C)c2ccc(C)cn2)C1.Cc1ccc(C(=O)O)nc1. The van der Waals surface area contributed by atoms with Gasteiger partial charge in [0.2, 0.25) is 0 Å². The van der Waals surface area contributed by atoms with E-state index in [0.717, 1.165) is 105 Å². The van der Waals surface area contributed by atoms with Crippen LogP contribution in [0.5, 0.6) is 0 Å². The van der Waals surface area contributed by atoms with E-state index in [1.807, 2.05) is 92.0 Å². The second-order valence-electron chi connectivity index (χ2n) is 22.3. The first kappa shape index (κ1) is 66.9. The number of ether oxygens (including phenoxy) is 4. The quantitative estimate of drug-likeness (QED) is 0.0700. The normalized spacial score (nSPS) is 17.0. The van der Waals surface area contributed by atoms with Crippen molar-refractivity contribution in [1.29, 1.82) is 0 Å². The average molecular weight is 1150 g/mol. The maximum absolute atomic E-state index is 12.5. The molecule has 0 bridgehead atoms. The van der Waals surface area contributed by atoms with Gasteiger partial charge in [-0.05, 0) is 126 Å². The maximum atomic E-state index is 12.5. The number of nitrogens with one attached hydrogen (secondary N) is 1. The van der Waals surface area contributed by atoms with Gasteiger partial charge in [0, 0.05) is 144 Å². The Morgan fingerprint density at radius 1 is 0.561 bits per heavy atom. The van der Waals surface area contributed by atoms with E-state index in [0.29, 0.717) is 49.2 Å². The largest absolute Gasteiger partial charge is 0.477 e. The van der Waals surface area contributed by atoms with Gasteiger partial charge in [-0.25, -0.2) is 18.7 Å². The molecule has 0 spiro atoms. The van der Waals surface area contributed by atoms with Gasteiger partial charge in [0.1, 0.15) is 17.1 Å². The van der Waals surface area contributed by atoms with Crippen LogP contribution in [0, 0.1) is 34.6 Å². The number of likely N-dealkylation sites (tertiary alicyclic amines) is 4. The number of ketones is 1. The van der Waals surface area contributed by atoms with Gasteiger partial charge in [0.15, 0.2) is 5.78 Å². The summed E-state index contributed by atoms with van der Waals surface area (Å²) >= 11 is 0. The number of amides is 1. The number of hydrogen-bond acceptors (Lipinski definition) is 17. The zero-order valence-electron chi connectivity index (χ0n) is 50.2. The van der Waals surface area contributed by atoms with Gasteiger partial charge in [0.05, 0.1) is 57.6 Å². The van der Waals surface area contributed by atoms with Crippen LogP contribution in [0.25, 0.3) is 0 Å². The second-order valence-corrected chi connectivity index (χ2v) is 24.3. The Hall–Kier alpha value is -5.85. The van der Waals surface area contributed by atoms with Gasteiger partial charge >= 0.3 is 5.97 Å². The van der Waals surface area contributed by atoms with Crippen LogP contribution in [0.2, 0.25) is 0 Å². The summed E-state index contributed by atoms with van der Waals surface area (Å²) in [5, 5.41) is 8.41. The highest BCUT2D eigenvalue weighted by atomic mass is 32.2. The number of aromatic nitrogens is 5. The summed E-state index contributed by atoms with van der Waals surface area (Å²) in [4.78, 5) is 63.4. The number of Topliss-reactive ketones (excluding diaryl/α,β-unsaturated/α-hetero) is 1. The lowest BCUT2D eigenvalue weighted by Gasteiger charge is -2.38. The molecule has 0 saturated carbocycles. The molecule has 2 unspecified atom stereocenters. The molecule has 3 atom stereocenters. The van der Waals surface area contributed by atoms with Crippen molar-refractivity contribution >= 4 is 28.6 Å². The average Bonchev–Trinajstić information content (AvgIpc) is 3.45. The highest BCUT2D eigenvalue weighted by Crippen LogP contribution is 2.23. The molecule has 448 valence electrons. The Morgan fingerprint density at radius 2 is 0.939 bits per heavy atom. The van der Waals surface area contributed by atoms with Gasteiger partial charge in [0.25, 0.3) is 5.91 Å². The summed E-state index contributed by atoms with van der Waals surface area (Å²) in [6.07, 6.45) is 12.4. The van der Waals surface area contributed by atoms with Crippen molar-refractivity contribution in [3.63, 3.8) is 0 Å². The summed E-state index contributed by atoms with van der Waals surface area (Å²) in [7, 11) is 5.80. The third-order valence-electron chi connectivity index (χ3n) is 14.3. The van der Waals surface area contributed by atoms with Gasteiger partial charge in [-0.3, -0.25) is 44.2 Å². The van der Waals surface area contributed by atoms with Crippen molar-refractivity contribution < 1.29 is 42.6 Å². The minimum atomic E-state index is -1.11. The van der Waals surface area contributed by atoms with Crippen LogP contribution >= 0.6 is 0 Å². The van der Waals surface area contributed by atoms with Crippen LogP contribution in [0.4, 0.5) is 0 Å². The van der Waals surface area contributed by atoms with Crippen molar-refractivity contribution in [3.8, 4) is 0 Å².